The predicted molar refractivity (Wildman–Crippen MR) is 102 cm³/mol. The molecule has 2 N–H and O–H groups in total. The highest BCUT2D eigenvalue weighted by atomic mass is 28.3. The monoisotopic (exact) mass is 361 g/mol. The molecule has 0 aromatic carbocycles. The molecule has 1 heterocycles. The van der Waals surface area contributed by atoms with Crippen LogP contribution in [0.3, 0.4) is 0 Å². The van der Waals surface area contributed by atoms with Crippen LogP contribution in [-0.4, -0.2) is 46.6 Å². The topological polar surface area (TPSA) is 82.5 Å². The summed E-state index contributed by atoms with van der Waals surface area (Å²) in [5, 5.41) is 12.1. The zero-order valence-corrected chi connectivity index (χ0v) is 17.0. The Balaban J connectivity index is 2.96. The lowest BCUT2D eigenvalue weighted by Crippen LogP contribution is -2.54. The quantitative estimate of drug-likeness (QED) is 0.638. The molecular formula is C18H27N3O3Si. The van der Waals surface area contributed by atoms with Crippen LogP contribution in [0.4, 0.5) is 10.6 Å². The van der Waals surface area contributed by atoms with Crippen molar-refractivity contribution >= 4 is 25.9 Å². The number of hydrogen-bond donors (Lipinski definition) is 2. The average molecular weight is 362 g/mol. The molecule has 1 atom stereocenters. The summed E-state index contributed by atoms with van der Waals surface area (Å²) in [7, 11) is -1.52. The lowest BCUT2D eigenvalue weighted by atomic mass is 10.0. The third kappa shape index (κ3) is 6.59. The minimum absolute atomic E-state index is 0.360. The molecule has 1 unspecified atom stereocenters. The second-order valence-corrected chi connectivity index (χ2v) is 12.6. The molecule has 7 heteroatoms. The molecule has 0 bridgehead atoms. The number of aromatic nitrogens is 1. The number of carbonyl (C=O) groups excluding carboxylic acids is 1. The smallest absolute Gasteiger partial charge is 0.408 e. The van der Waals surface area contributed by atoms with E-state index in [0.717, 1.165) is 4.90 Å². The molecule has 0 saturated carbocycles. The lowest BCUT2D eigenvalue weighted by Gasteiger charge is -2.37. The van der Waals surface area contributed by atoms with Crippen LogP contribution in [0, 0.1) is 11.5 Å². The zero-order chi connectivity index (χ0) is 19.4. The minimum Gasteiger partial charge on any atom is -0.465 e. The molecule has 2 amide bonds. The van der Waals surface area contributed by atoms with E-state index in [9.17, 15) is 14.7 Å². The normalized spacial score (nSPS) is 12.6. The lowest BCUT2D eigenvalue weighted by molar-refractivity contribution is -0.121. The Morgan fingerprint density at radius 1 is 1.28 bits per heavy atom. The standard InChI is InChI=1S/C18H27N3O3Si/c1-13(21(17(23)24)18(2,3)4)16(22)20-15-10-8-9-14(19-15)11-12-25(5,6)7/h8-10,13H,1-7H3,(H,23,24)(H,19,20,22). The van der Waals surface area contributed by atoms with Crippen molar-refractivity contribution in [3.05, 3.63) is 23.9 Å². The van der Waals surface area contributed by atoms with Gasteiger partial charge in [-0.25, -0.2) is 9.78 Å². The van der Waals surface area contributed by atoms with Crippen molar-refractivity contribution in [3.8, 4) is 11.5 Å². The van der Waals surface area contributed by atoms with Gasteiger partial charge in [0.05, 0.1) is 0 Å². The van der Waals surface area contributed by atoms with Crippen LogP contribution in [0.25, 0.3) is 0 Å². The van der Waals surface area contributed by atoms with E-state index in [1.807, 2.05) is 0 Å². The van der Waals surface area contributed by atoms with Gasteiger partial charge in [0.25, 0.3) is 0 Å². The number of pyridine rings is 1. The van der Waals surface area contributed by atoms with Crippen LogP contribution in [-0.2, 0) is 4.79 Å². The maximum Gasteiger partial charge on any atom is 0.408 e. The van der Waals surface area contributed by atoms with E-state index >= 15 is 0 Å². The Hall–Kier alpha value is -2.33. The van der Waals surface area contributed by atoms with Gasteiger partial charge in [0.1, 0.15) is 25.6 Å². The number of carbonyl (C=O) groups is 2. The van der Waals surface area contributed by atoms with Crippen molar-refractivity contribution in [3.63, 3.8) is 0 Å². The number of hydrogen-bond acceptors (Lipinski definition) is 3. The second kappa shape index (κ2) is 7.70. The summed E-state index contributed by atoms with van der Waals surface area (Å²) in [6.45, 7) is 13.2. The van der Waals surface area contributed by atoms with Gasteiger partial charge in [-0.15, -0.1) is 5.54 Å². The minimum atomic E-state index is -1.52. The van der Waals surface area contributed by atoms with Crippen molar-refractivity contribution in [2.24, 2.45) is 0 Å². The van der Waals surface area contributed by atoms with E-state index in [0.29, 0.717) is 11.5 Å². The molecule has 1 aromatic rings. The van der Waals surface area contributed by atoms with Crippen LogP contribution < -0.4 is 5.32 Å². The Morgan fingerprint density at radius 2 is 1.88 bits per heavy atom. The third-order valence-corrected chi connectivity index (χ3v) is 4.14. The molecule has 136 valence electrons. The van der Waals surface area contributed by atoms with E-state index in [-0.39, 0.29) is 0 Å². The molecule has 1 aromatic heterocycles. The van der Waals surface area contributed by atoms with Crippen LogP contribution in [0.5, 0.6) is 0 Å². The molecule has 0 aliphatic carbocycles. The van der Waals surface area contributed by atoms with Crippen molar-refractivity contribution in [2.75, 3.05) is 5.32 Å². The molecule has 25 heavy (non-hydrogen) atoms. The summed E-state index contributed by atoms with van der Waals surface area (Å²) < 4.78 is 0. The first-order valence-corrected chi connectivity index (χ1v) is 11.6. The Morgan fingerprint density at radius 3 is 2.36 bits per heavy atom. The summed E-state index contributed by atoms with van der Waals surface area (Å²) >= 11 is 0. The zero-order valence-electron chi connectivity index (χ0n) is 16.0. The third-order valence-electron chi connectivity index (χ3n) is 3.26. The van der Waals surface area contributed by atoms with Crippen molar-refractivity contribution in [2.45, 2.75) is 58.9 Å². The van der Waals surface area contributed by atoms with Crippen molar-refractivity contribution < 1.29 is 14.7 Å². The highest BCUT2D eigenvalue weighted by molar-refractivity contribution is 6.83. The highest BCUT2D eigenvalue weighted by Crippen LogP contribution is 2.18. The van der Waals surface area contributed by atoms with E-state index in [1.54, 1.807) is 45.9 Å². The molecule has 0 fully saturated rings. The fraction of sp³-hybridized carbons (Fsp3) is 0.500. The maximum absolute atomic E-state index is 12.4. The largest absolute Gasteiger partial charge is 0.465 e. The summed E-state index contributed by atoms with van der Waals surface area (Å²) in [4.78, 5) is 29.4. The van der Waals surface area contributed by atoms with E-state index < -0.39 is 31.7 Å². The molecule has 0 aliphatic rings. The van der Waals surface area contributed by atoms with Gasteiger partial charge in [-0.3, -0.25) is 9.69 Å². The Bertz CT molecular complexity index is 709. The van der Waals surface area contributed by atoms with Gasteiger partial charge in [-0.1, -0.05) is 31.6 Å². The van der Waals surface area contributed by atoms with Gasteiger partial charge in [0.2, 0.25) is 5.91 Å². The average Bonchev–Trinajstić information content (AvgIpc) is 2.42. The number of carboxylic acid groups (broad SMARTS) is 1. The van der Waals surface area contributed by atoms with Crippen LogP contribution in [0.2, 0.25) is 19.6 Å². The molecule has 0 aliphatic heterocycles. The summed E-state index contributed by atoms with van der Waals surface area (Å²) in [5.74, 6) is 2.97. The van der Waals surface area contributed by atoms with Gasteiger partial charge < -0.3 is 10.4 Å². The predicted octanol–water partition coefficient (Wildman–Crippen LogP) is 3.42. The van der Waals surface area contributed by atoms with E-state index in [2.05, 4.69) is 41.4 Å². The maximum atomic E-state index is 12.4. The number of nitrogens with zero attached hydrogens (tertiary/aromatic N) is 2. The van der Waals surface area contributed by atoms with Crippen molar-refractivity contribution in [1.29, 1.82) is 0 Å². The van der Waals surface area contributed by atoms with Crippen LogP contribution in [0.1, 0.15) is 33.4 Å². The van der Waals surface area contributed by atoms with E-state index in [4.69, 9.17) is 0 Å². The van der Waals surface area contributed by atoms with Gasteiger partial charge >= 0.3 is 6.09 Å². The van der Waals surface area contributed by atoms with Gasteiger partial charge in [-0.05, 0) is 39.8 Å². The molecule has 1 rings (SSSR count). The molecular weight excluding hydrogens is 334 g/mol. The summed E-state index contributed by atoms with van der Waals surface area (Å²) in [6.07, 6.45) is -1.14. The van der Waals surface area contributed by atoms with Crippen LogP contribution in [0.15, 0.2) is 18.2 Å². The molecule has 6 nitrogen and oxygen atoms in total. The van der Waals surface area contributed by atoms with Crippen LogP contribution >= 0.6 is 0 Å². The second-order valence-electron chi connectivity index (χ2n) is 7.90. The van der Waals surface area contributed by atoms with Crippen molar-refractivity contribution in [1.82, 2.24) is 9.88 Å². The first-order chi connectivity index (χ1) is 11.3. The summed E-state index contributed by atoms with van der Waals surface area (Å²) in [6, 6.07) is 4.36. The number of anilines is 1. The van der Waals surface area contributed by atoms with E-state index in [1.165, 1.54) is 0 Å². The highest BCUT2D eigenvalue weighted by Gasteiger charge is 2.34. The fourth-order valence-electron chi connectivity index (χ4n) is 2.21. The summed E-state index contributed by atoms with van der Waals surface area (Å²) in [5.41, 5.74) is 3.11. The molecule has 0 spiro atoms. The molecule has 0 radical (unpaired) electrons. The van der Waals surface area contributed by atoms with Gasteiger partial charge in [0.15, 0.2) is 0 Å². The first-order valence-electron chi connectivity index (χ1n) is 8.14. The van der Waals surface area contributed by atoms with Gasteiger partial charge in [0, 0.05) is 5.54 Å². The first kappa shape index (κ1) is 20.7. The Kier molecular flexibility index (Phi) is 6.38. The Labute approximate surface area is 150 Å². The number of amides is 2. The number of nitrogens with one attached hydrogen (secondary N) is 1. The van der Waals surface area contributed by atoms with Gasteiger partial charge in [-0.2, -0.15) is 0 Å². The molecule has 0 saturated heterocycles. The fourth-order valence-corrected chi connectivity index (χ4v) is 2.71. The number of rotatable bonds is 3. The SMILES string of the molecule is CC(C(=O)Nc1cccc(C#C[Si](C)(C)C)n1)N(C(=O)O)C(C)(C)C.